The molecule has 2 nitrogen and oxygen atoms in total. The molecule has 2 aromatic carbocycles. The van der Waals surface area contributed by atoms with Gasteiger partial charge in [-0.15, -0.1) is 11.8 Å². The molecule has 1 amide bonds. The summed E-state index contributed by atoms with van der Waals surface area (Å²) >= 11 is 7.53. The average molecular weight is 276 g/mol. The van der Waals surface area contributed by atoms with E-state index in [-0.39, 0.29) is 11.2 Å². The van der Waals surface area contributed by atoms with Crippen LogP contribution in [0.4, 0.5) is 5.69 Å². The van der Waals surface area contributed by atoms with Crippen LogP contribution in [0.15, 0.2) is 53.4 Å². The van der Waals surface area contributed by atoms with Crippen molar-refractivity contribution in [3.8, 4) is 0 Å². The molecule has 18 heavy (non-hydrogen) atoms. The van der Waals surface area contributed by atoms with Crippen LogP contribution in [0, 0.1) is 0 Å². The van der Waals surface area contributed by atoms with Crippen LogP contribution in [0.5, 0.6) is 0 Å². The SMILES string of the molecule is O=C1Nc2ccc(Cl)cc2C1Sc1ccccc1. The van der Waals surface area contributed by atoms with Gasteiger partial charge >= 0.3 is 0 Å². The molecule has 0 bridgehead atoms. The Morgan fingerprint density at radius 2 is 1.89 bits per heavy atom. The molecule has 0 saturated heterocycles. The number of carbonyl (C=O) groups is 1. The molecule has 1 heterocycles. The van der Waals surface area contributed by atoms with Gasteiger partial charge in [0.15, 0.2) is 0 Å². The van der Waals surface area contributed by atoms with Crippen LogP contribution in [-0.4, -0.2) is 5.91 Å². The second-order valence-corrected chi connectivity index (χ2v) is 5.65. The second kappa shape index (κ2) is 4.67. The van der Waals surface area contributed by atoms with E-state index in [0.717, 1.165) is 16.1 Å². The van der Waals surface area contributed by atoms with Gasteiger partial charge in [0.05, 0.1) is 0 Å². The number of carbonyl (C=O) groups excluding carboxylic acids is 1. The molecule has 1 aliphatic rings. The summed E-state index contributed by atoms with van der Waals surface area (Å²) in [4.78, 5) is 13.0. The zero-order chi connectivity index (χ0) is 12.5. The highest BCUT2D eigenvalue weighted by Gasteiger charge is 2.31. The minimum Gasteiger partial charge on any atom is -0.325 e. The number of amides is 1. The van der Waals surface area contributed by atoms with Gasteiger partial charge in [-0.05, 0) is 35.9 Å². The minimum atomic E-state index is -0.221. The van der Waals surface area contributed by atoms with Gasteiger partial charge in [0.2, 0.25) is 5.91 Å². The molecule has 1 atom stereocenters. The third-order valence-electron chi connectivity index (χ3n) is 2.79. The lowest BCUT2D eigenvalue weighted by atomic mass is 10.1. The van der Waals surface area contributed by atoms with Crippen LogP contribution >= 0.6 is 23.4 Å². The Labute approximate surface area is 114 Å². The first-order valence-electron chi connectivity index (χ1n) is 5.56. The maximum absolute atomic E-state index is 12.0. The zero-order valence-corrected chi connectivity index (χ0v) is 11.0. The summed E-state index contributed by atoms with van der Waals surface area (Å²) in [7, 11) is 0. The molecule has 0 saturated carbocycles. The summed E-state index contributed by atoms with van der Waals surface area (Å²) in [6.07, 6.45) is 0. The molecule has 90 valence electrons. The van der Waals surface area contributed by atoms with E-state index in [0.29, 0.717) is 5.02 Å². The average Bonchev–Trinajstić information content (AvgIpc) is 2.67. The summed E-state index contributed by atoms with van der Waals surface area (Å²) in [5, 5.41) is 3.31. The number of thioether (sulfide) groups is 1. The molecule has 1 unspecified atom stereocenters. The van der Waals surface area contributed by atoms with Crippen LogP contribution < -0.4 is 5.32 Å². The first-order valence-corrected chi connectivity index (χ1v) is 6.82. The number of halogens is 1. The van der Waals surface area contributed by atoms with Crippen molar-refractivity contribution in [3.05, 3.63) is 59.1 Å². The molecule has 0 fully saturated rings. The van der Waals surface area contributed by atoms with Crippen molar-refractivity contribution in [2.75, 3.05) is 5.32 Å². The van der Waals surface area contributed by atoms with Gasteiger partial charge < -0.3 is 5.32 Å². The van der Waals surface area contributed by atoms with Crippen molar-refractivity contribution in [2.45, 2.75) is 10.1 Å². The van der Waals surface area contributed by atoms with Gasteiger partial charge in [-0.1, -0.05) is 29.8 Å². The molecule has 0 spiro atoms. The van der Waals surface area contributed by atoms with Crippen molar-refractivity contribution in [2.24, 2.45) is 0 Å². The van der Waals surface area contributed by atoms with E-state index in [4.69, 9.17) is 11.6 Å². The summed E-state index contributed by atoms with van der Waals surface area (Å²) in [5.74, 6) is 0.0149. The van der Waals surface area contributed by atoms with E-state index >= 15 is 0 Å². The fraction of sp³-hybridized carbons (Fsp3) is 0.0714. The Kier molecular flexibility index (Phi) is 3.02. The van der Waals surface area contributed by atoms with Gasteiger partial charge in [0.1, 0.15) is 5.25 Å². The molecule has 0 aliphatic carbocycles. The Bertz CT molecular complexity index is 600. The molecule has 2 aromatic rings. The van der Waals surface area contributed by atoms with E-state index < -0.39 is 0 Å². The largest absolute Gasteiger partial charge is 0.325 e. The van der Waals surface area contributed by atoms with Crippen molar-refractivity contribution in [3.63, 3.8) is 0 Å². The van der Waals surface area contributed by atoms with Crippen LogP contribution in [0.2, 0.25) is 5.02 Å². The lowest BCUT2D eigenvalue weighted by Crippen LogP contribution is -2.08. The first-order chi connectivity index (χ1) is 8.74. The van der Waals surface area contributed by atoms with Gasteiger partial charge in [-0.2, -0.15) is 0 Å². The normalized spacial score (nSPS) is 17.4. The Morgan fingerprint density at radius 1 is 1.11 bits per heavy atom. The third-order valence-corrected chi connectivity index (χ3v) is 4.27. The molecule has 0 radical (unpaired) electrons. The predicted octanol–water partition coefficient (Wildman–Crippen LogP) is 4.13. The van der Waals surface area contributed by atoms with Crippen LogP contribution in [-0.2, 0) is 4.79 Å². The van der Waals surface area contributed by atoms with Crippen molar-refractivity contribution in [1.29, 1.82) is 0 Å². The van der Waals surface area contributed by atoms with E-state index in [1.165, 1.54) is 0 Å². The van der Waals surface area contributed by atoms with Gasteiger partial charge in [0, 0.05) is 15.6 Å². The number of hydrogen-bond donors (Lipinski definition) is 1. The quantitative estimate of drug-likeness (QED) is 0.893. The van der Waals surface area contributed by atoms with Crippen molar-refractivity contribution in [1.82, 2.24) is 0 Å². The Morgan fingerprint density at radius 3 is 2.67 bits per heavy atom. The standard InChI is InChI=1S/C14H10ClNOS/c15-9-6-7-12-11(8-9)13(14(17)16-12)18-10-4-2-1-3-5-10/h1-8,13H,(H,16,17). The number of fused-ring (bicyclic) bond motifs is 1. The first kappa shape index (κ1) is 11.6. The van der Waals surface area contributed by atoms with Gasteiger partial charge in [-0.25, -0.2) is 0 Å². The monoisotopic (exact) mass is 275 g/mol. The number of benzene rings is 2. The van der Waals surface area contributed by atoms with Crippen LogP contribution in [0.3, 0.4) is 0 Å². The highest BCUT2D eigenvalue weighted by molar-refractivity contribution is 8.00. The van der Waals surface area contributed by atoms with Crippen molar-refractivity contribution >= 4 is 35.0 Å². The summed E-state index contributed by atoms with van der Waals surface area (Å²) in [6, 6.07) is 15.4. The lowest BCUT2D eigenvalue weighted by molar-refractivity contribution is -0.115. The predicted molar refractivity (Wildman–Crippen MR) is 75.1 cm³/mol. The Balaban J connectivity index is 1.94. The van der Waals surface area contributed by atoms with Gasteiger partial charge in [0.25, 0.3) is 0 Å². The van der Waals surface area contributed by atoms with E-state index in [1.54, 1.807) is 17.8 Å². The summed E-state index contributed by atoms with van der Waals surface area (Å²) < 4.78 is 0. The van der Waals surface area contributed by atoms with Gasteiger partial charge in [-0.3, -0.25) is 4.79 Å². The number of nitrogens with one attached hydrogen (secondary N) is 1. The molecule has 3 rings (SSSR count). The fourth-order valence-electron chi connectivity index (χ4n) is 1.96. The van der Waals surface area contributed by atoms with Crippen LogP contribution in [0.25, 0.3) is 0 Å². The van der Waals surface area contributed by atoms with E-state index in [2.05, 4.69) is 5.32 Å². The summed E-state index contributed by atoms with van der Waals surface area (Å²) in [5.41, 5.74) is 1.82. The number of anilines is 1. The molecule has 1 N–H and O–H groups in total. The smallest absolute Gasteiger partial charge is 0.242 e. The topological polar surface area (TPSA) is 29.1 Å². The fourth-order valence-corrected chi connectivity index (χ4v) is 3.21. The zero-order valence-electron chi connectivity index (χ0n) is 9.39. The lowest BCUT2D eigenvalue weighted by Gasteiger charge is -2.08. The van der Waals surface area contributed by atoms with Crippen molar-refractivity contribution < 1.29 is 4.79 Å². The number of hydrogen-bond acceptors (Lipinski definition) is 2. The number of rotatable bonds is 2. The molecular formula is C14H10ClNOS. The highest BCUT2D eigenvalue weighted by atomic mass is 35.5. The van der Waals surface area contributed by atoms with E-state index in [9.17, 15) is 4.79 Å². The molecule has 4 heteroatoms. The maximum Gasteiger partial charge on any atom is 0.242 e. The molecular weight excluding hydrogens is 266 g/mol. The maximum atomic E-state index is 12.0. The minimum absolute atomic E-state index is 0.0149. The molecule has 1 aliphatic heterocycles. The molecule has 0 aromatic heterocycles. The second-order valence-electron chi connectivity index (χ2n) is 4.03. The van der Waals surface area contributed by atoms with E-state index in [1.807, 2.05) is 42.5 Å². The highest BCUT2D eigenvalue weighted by Crippen LogP contribution is 2.44. The van der Waals surface area contributed by atoms with Crippen LogP contribution in [0.1, 0.15) is 10.8 Å². The Hall–Kier alpha value is -1.45. The summed E-state index contributed by atoms with van der Waals surface area (Å²) in [6.45, 7) is 0. The third kappa shape index (κ3) is 2.11.